The highest BCUT2D eigenvalue weighted by Gasteiger charge is 2.18. The number of hydrogen-bond donors (Lipinski definition) is 1. The molecular weight excluding hydrogens is 312 g/mol. The van der Waals surface area contributed by atoms with Crippen LogP contribution in [-0.4, -0.2) is 28.5 Å². The zero-order valence-electron chi connectivity index (χ0n) is 14.8. The molecule has 25 heavy (non-hydrogen) atoms. The smallest absolute Gasteiger partial charge is 0.270 e. The van der Waals surface area contributed by atoms with Gasteiger partial charge in [0.15, 0.2) is 0 Å². The first kappa shape index (κ1) is 17.4. The molecule has 5 heteroatoms. The molecule has 5 nitrogen and oxygen atoms in total. The minimum Gasteiger partial charge on any atom is -0.348 e. The molecule has 1 fully saturated rings. The number of carbonyl (C=O) groups excluding carboxylic acids is 1. The van der Waals surface area contributed by atoms with E-state index in [-0.39, 0.29) is 11.9 Å². The Kier molecular flexibility index (Phi) is 5.99. The van der Waals surface area contributed by atoms with E-state index in [1.807, 2.05) is 30.3 Å². The van der Waals surface area contributed by atoms with Crippen LogP contribution < -0.4 is 10.2 Å². The molecule has 1 saturated carbocycles. The molecule has 0 aliphatic heterocycles. The van der Waals surface area contributed by atoms with Crippen LogP contribution in [0.1, 0.15) is 55.9 Å². The molecule has 1 aliphatic carbocycles. The SMILES string of the molecule is CCN(c1ccccc1)c1cc(C(=O)NC2CCCCCC2)ncn1. The van der Waals surface area contributed by atoms with Crippen LogP contribution in [-0.2, 0) is 0 Å². The normalized spacial score (nSPS) is 15.4. The molecule has 1 N–H and O–H groups in total. The van der Waals surface area contributed by atoms with E-state index in [1.54, 1.807) is 6.07 Å². The van der Waals surface area contributed by atoms with E-state index < -0.39 is 0 Å². The van der Waals surface area contributed by atoms with Gasteiger partial charge in [0.2, 0.25) is 0 Å². The molecule has 3 rings (SSSR count). The van der Waals surface area contributed by atoms with Gasteiger partial charge in [-0.05, 0) is 31.9 Å². The Bertz CT molecular complexity index is 681. The van der Waals surface area contributed by atoms with Crippen molar-refractivity contribution in [2.75, 3.05) is 11.4 Å². The highest BCUT2D eigenvalue weighted by molar-refractivity contribution is 5.93. The van der Waals surface area contributed by atoms with Crippen LogP contribution in [0.3, 0.4) is 0 Å². The predicted molar refractivity (Wildman–Crippen MR) is 100 cm³/mol. The zero-order valence-corrected chi connectivity index (χ0v) is 14.8. The maximum atomic E-state index is 12.6. The lowest BCUT2D eigenvalue weighted by molar-refractivity contribution is 0.0928. The number of benzene rings is 1. The van der Waals surface area contributed by atoms with Gasteiger partial charge >= 0.3 is 0 Å². The summed E-state index contributed by atoms with van der Waals surface area (Å²) >= 11 is 0. The Morgan fingerprint density at radius 2 is 1.84 bits per heavy atom. The first-order valence-electron chi connectivity index (χ1n) is 9.23. The number of rotatable bonds is 5. The fourth-order valence-corrected chi connectivity index (χ4v) is 3.39. The van der Waals surface area contributed by atoms with Crippen molar-refractivity contribution >= 4 is 17.4 Å². The van der Waals surface area contributed by atoms with Crippen molar-refractivity contribution < 1.29 is 4.79 Å². The van der Waals surface area contributed by atoms with Crippen LogP contribution >= 0.6 is 0 Å². The molecule has 0 spiro atoms. The van der Waals surface area contributed by atoms with Crippen LogP contribution in [0.25, 0.3) is 0 Å². The van der Waals surface area contributed by atoms with Crippen molar-refractivity contribution in [3.63, 3.8) is 0 Å². The lowest BCUT2D eigenvalue weighted by Gasteiger charge is -2.22. The van der Waals surface area contributed by atoms with Gasteiger partial charge in [-0.15, -0.1) is 0 Å². The lowest BCUT2D eigenvalue weighted by atomic mass is 10.1. The van der Waals surface area contributed by atoms with Crippen molar-refractivity contribution in [1.82, 2.24) is 15.3 Å². The second-order valence-electron chi connectivity index (χ2n) is 6.50. The van der Waals surface area contributed by atoms with Crippen molar-refractivity contribution in [2.24, 2.45) is 0 Å². The molecule has 1 aromatic carbocycles. The van der Waals surface area contributed by atoms with Gasteiger partial charge in [0.05, 0.1) is 0 Å². The molecule has 1 amide bonds. The van der Waals surface area contributed by atoms with Gasteiger partial charge in [0.25, 0.3) is 5.91 Å². The summed E-state index contributed by atoms with van der Waals surface area (Å²) in [5.41, 5.74) is 1.49. The number of carbonyl (C=O) groups is 1. The molecule has 132 valence electrons. The third kappa shape index (κ3) is 4.56. The van der Waals surface area contributed by atoms with Crippen molar-refractivity contribution in [3.8, 4) is 0 Å². The Labute approximate surface area is 149 Å². The predicted octanol–water partition coefficient (Wildman–Crippen LogP) is 4.09. The summed E-state index contributed by atoms with van der Waals surface area (Å²) in [5, 5.41) is 3.15. The Balaban J connectivity index is 1.75. The van der Waals surface area contributed by atoms with Gasteiger partial charge in [0, 0.05) is 24.3 Å². The third-order valence-electron chi connectivity index (χ3n) is 4.74. The fraction of sp³-hybridized carbons (Fsp3) is 0.450. The summed E-state index contributed by atoms with van der Waals surface area (Å²) in [5.74, 6) is 0.648. The summed E-state index contributed by atoms with van der Waals surface area (Å²) in [6.07, 6.45) is 8.53. The summed E-state index contributed by atoms with van der Waals surface area (Å²) in [7, 11) is 0. The average molecular weight is 338 g/mol. The number of nitrogens with zero attached hydrogens (tertiary/aromatic N) is 3. The van der Waals surface area contributed by atoms with E-state index in [1.165, 1.54) is 32.0 Å². The van der Waals surface area contributed by atoms with Crippen LogP contribution in [0.2, 0.25) is 0 Å². The second-order valence-corrected chi connectivity index (χ2v) is 6.50. The van der Waals surface area contributed by atoms with E-state index in [4.69, 9.17) is 0 Å². The number of amides is 1. The monoisotopic (exact) mass is 338 g/mol. The molecule has 0 unspecified atom stereocenters. The standard InChI is InChI=1S/C20H26N4O/c1-2-24(17-12-8-5-9-13-17)19-14-18(21-15-22-19)20(25)23-16-10-6-3-4-7-11-16/h5,8-9,12-16H,2-4,6-7,10-11H2,1H3,(H,23,25). The number of anilines is 2. The molecule has 1 heterocycles. The molecule has 1 aromatic heterocycles. The molecule has 0 bridgehead atoms. The van der Waals surface area contributed by atoms with Gasteiger partial charge in [0.1, 0.15) is 17.8 Å². The van der Waals surface area contributed by atoms with E-state index in [2.05, 4.69) is 27.1 Å². The van der Waals surface area contributed by atoms with E-state index in [0.717, 1.165) is 30.9 Å². The largest absolute Gasteiger partial charge is 0.348 e. The van der Waals surface area contributed by atoms with E-state index >= 15 is 0 Å². The summed E-state index contributed by atoms with van der Waals surface area (Å²) in [4.78, 5) is 23.2. The number of hydrogen-bond acceptors (Lipinski definition) is 4. The van der Waals surface area contributed by atoms with Crippen molar-refractivity contribution in [1.29, 1.82) is 0 Å². The molecular formula is C20H26N4O. The summed E-state index contributed by atoms with van der Waals surface area (Å²) < 4.78 is 0. The zero-order chi connectivity index (χ0) is 17.5. The molecule has 1 aliphatic rings. The Morgan fingerprint density at radius 1 is 1.12 bits per heavy atom. The van der Waals surface area contributed by atoms with E-state index in [0.29, 0.717) is 5.69 Å². The van der Waals surface area contributed by atoms with Gasteiger partial charge < -0.3 is 10.2 Å². The summed E-state index contributed by atoms with van der Waals surface area (Å²) in [6.45, 7) is 2.84. The second kappa shape index (κ2) is 8.60. The molecule has 0 radical (unpaired) electrons. The third-order valence-corrected chi connectivity index (χ3v) is 4.74. The highest BCUT2D eigenvalue weighted by Crippen LogP contribution is 2.23. The summed E-state index contributed by atoms with van der Waals surface area (Å²) in [6, 6.07) is 12.1. The first-order valence-corrected chi connectivity index (χ1v) is 9.23. The Morgan fingerprint density at radius 3 is 2.52 bits per heavy atom. The minimum atomic E-state index is -0.0975. The van der Waals surface area contributed by atoms with Gasteiger partial charge in [-0.3, -0.25) is 4.79 Å². The topological polar surface area (TPSA) is 58.1 Å². The number of para-hydroxylation sites is 1. The fourth-order valence-electron chi connectivity index (χ4n) is 3.39. The quantitative estimate of drug-likeness (QED) is 0.834. The maximum absolute atomic E-state index is 12.6. The van der Waals surface area contributed by atoms with Crippen molar-refractivity contribution in [2.45, 2.75) is 51.5 Å². The highest BCUT2D eigenvalue weighted by atomic mass is 16.1. The van der Waals surface area contributed by atoms with E-state index in [9.17, 15) is 4.79 Å². The minimum absolute atomic E-state index is 0.0975. The Hall–Kier alpha value is -2.43. The van der Waals surface area contributed by atoms with Crippen LogP contribution in [0.5, 0.6) is 0 Å². The van der Waals surface area contributed by atoms with Gasteiger partial charge in [-0.25, -0.2) is 9.97 Å². The van der Waals surface area contributed by atoms with Crippen LogP contribution in [0.15, 0.2) is 42.7 Å². The van der Waals surface area contributed by atoms with Crippen LogP contribution in [0, 0.1) is 0 Å². The van der Waals surface area contributed by atoms with Gasteiger partial charge in [-0.2, -0.15) is 0 Å². The van der Waals surface area contributed by atoms with Crippen molar-refractivity contribution in [3.05, 3.63) is 48.4 Å². The molecule has 0 saturated heterocycles. The number of nitrogens with one attached hydrogen (secondary N) is 1. The first-order chi connectivity index (χ1) is 12.3. The van der Waals surface area contributed by atoms with Crippen LogP contribution in [0.4, 0.5) is 11.5 Å². The van der Waals surface area contributed by atoms with Gasteiger partial charge in [-0.1, -0.05) is 43.9 Å². The number of aromatic nitrogens is 2. The molecule has 0 atom stereocenters. The molecule has 2 aromatic rings. The maximum Gasteiger partial charge on any atom is 0.270 e. The average Bonchev–Trinajstić information content (AvgIpc) is 2.92. The lowest BCUT2D eigenvalue weighted by Crippen LogP contribution is -2.35.